The Hall–Kier alpha value is -2.50. The summed E-state index contributed by atoms with van der Waals surface area (Å²) < 4.78 is 0. The van der Waals surface area contributed by atoms with Gasteiger partial charge in [0.25, 0.3) is 0 Å². The Balaban J connectivity index is 1.84. The lowest BCUT2D eigenvalue weighted by Gasteiger charge is -2.23. The van der Waals surface area contributed by atoms with Crippen molar-refractivity contribution in [3.05, 3.63) is 68.4 Å². The molecule has 0 fully saturated rings. The van der Waals surface area contributed by atoms with Crippen molar-refractivity contribution in [3.8, 4) is 11.1 Å². The lowest BCUT2D eigenvalue weighted by molar-refractivity contribution is 0.104. The van der Waals surface area contributed by atoms with Crippen molar-refractivity contribution in [2.45, 2.75) is 52.5 Å². The molecule has 158 valence electrons. The molecule has 0 aliphatic heterocycles. The van der Waals surface area contributed by atoms with E-state index in [9.17, 15) is 4.79 Å². The lowest BCUT2D eigenvalue weighted by Crippen LogP contribution is -2.27. The molecule has 0 unspecified atom stereocenters. The van der Waals surface area contributed by atoms with Crippen LogP contribution >= 0.6 is 22.7 Å². The molecule has 3 nitrogen and oxygen atoms in total. The summed E-state index contributed by atoms with van der Waals surface area (Å²) >= 11 is 3.03. The maximum absolute atomic E-state index is 13.5. The van der Waals surface area contributed by atoms with Crippen molar-refractivity contribution in [3.63, 3.8) is 0 Å². The highest BCUT2D eigenvalue weighted by Gasteiger charge is 2.29. The third-order valence-corrected chi connectivity index (χ3v) is 7.61. The molecule has 0 amide bonds. The zero-order valence-corrected chi connectivity index (χ0v) is 20.0. The Morgan fingerprint density at radius 1 is 1.10 bits per heavy atom. The maximum Gasteiger partial charge on any atom is 0.215 e. The van der Waals surface area contributed by atoms with Crippen molar-refractivity contribution >= 4 is 44.4 Å². The highest BCUT2D eigenvalue weighted by atomic mass is 32.1. The van der Waals surface area contributed by atoms with Crippen LogP contribution in [0.3, 0.4) is 0 Å². The average molecular weight is 447 g/mol. The van der Waals surface area contributed by atoms with E-state index in [1.165, 1.54) is 50.6 Å². The zero-order chi connectivity index (χ0) is 21.8. The van der Waals surface area contributed by atoms with Crippen molar-refractivity contribution in [1.82, 2.24) is 4.98 Å². The van der Waals surface area contributed by atoms with E-state index in [1.54, 1.807) is 0 Å². The number of aryl methyl sites for hydroxylation is 2. The van der Waals surface area contributed by atoms with Gasteiger partial charge in [-0.3, -0.25) is 4.79 Å². The van der Waals surface area contributed by atoms with Crippen LogP contribution < -0.4 is 5.32 Å². The molecule has 0 saturated heterocycles. The highest BCUT2D eigenvalue weighted by molar-refractivity contribution is 7.22. The summed E-state index contributed by atoms with van der Waals surface area (Å²) in [5.41, 5.74) is 7.01. The fraction of sp³-hybridized carbons (Fsp3) is 0.308. The SMILES string of the molecule is Cc1ccc(-c2c3c(nc4sc(C(=O)c5cccs5)c(NC(C)(C)C)c24)CCC3)cc1. The molecule has 5 rings (SSSR count). The second kappa shape index (κ2) is 7.57. The lowest BCUT2D eigenvalue weighted by atomic mass is 9.94. The van der Waals surface area contributed by atoms with Gasteiger partial charge < -0.3 is 5.32 Å². The van der Waals surface area contributed by atoms with Crippen molar-refractivity contribution in [2.24, 2.45) is 0 Å². The summed E-state index contributed by atoms with van der Waals surface area (Å²) in [7, 11) is 0. The maximum atomic E-state index is 13.5. The molecule has 0 radical (unpaired) electrons. The molecule has 1 N–H and O–H groups in total. The molecule has 31 heavy (non-hydrogen) atoms. The number of thiophene rings is 2. The number of ketones is 1. The number of fused-ring (bicyclic) bond motifs is 2. The van der Waals surface area contributed by atoms with Crippen LogP contribution in [0.2, 0.25) is 0 Å². The Morgan fingerprint density at radius 3 is 2.55 bits per heavy atom. The smallest absolute Gasteiger partial charge is 0.215 e. The third-order valence-electron chi connectivity index (χ3n) is 5.66. The second-order valence-corrected chi connectivity index (χ2v) is 11.2. The highest BCUT2D eigenvalue weighted by Crippen LogP contribution is 2.46. The van der Waals surface area contributed by atoms with Crippen LogP contribution in [0.15, 0.2) is 41.8 Å². The van der Waals surface area contributed by atoms with Gasteiger partial charge in [0.2, 0.25) is 5.78 Å². The molecule has 1 aromatic carbocycles. The van der Waals surface area contributed by atoms with Gasteiger partial charge in [0.05, 0.1) is 10.6 Å². The van der Waals surface area contributed by atoms with Crippen LogP contribution in [0.1, 0.15) is 58.6 Å². The van der Waals surface area contributed by atoms with Gasteiger partial charge in [-0.25, -0.2) is 4.98 Å². The molecule has 0 bridgehead atoms. The largest absolute Gasteiger partial charge is 0.379 e. The van der Waals surface area contributed by atoms with E-state index in [0.717, 1.165) is 44.9 Å². The number of nitrogens with zero attached hydrogens (tertiary/aromatic N) is 1. The number of nitrogens with one attached hydrogen (secondary N) is 1. The Labute approximate surface area is 191 Å². The molecule has 0 spiro atoms. The second-order valence-electron chi connectivity index (χ2n) is 9.30. The number of hydrogen-bond donors (Lipinski definition) is 1. The van der Waals surface area contributed by atoms with E-state index in [1.807, 2.05) is 17.5 Å². The number of carbonyl (C=O) groups excluding carboxylic acids is 1. The Morgan fingerprint density at radius 2 is 1.87 bits per heavy atom. The van der Waals surface area contributed by atoms with E-state index in [0.29, 0.717) is 0 Å². The van der Waals surface area contributed by atoms with Crippen LogP contribution in [-0.4, -0.2) is 16.3 Å². The van der Waals surface area contributed by atoms with E-state index in [4.69, 9.17) is 4.98 Å². The predicted octanol–water partition coefficient (Wildman–Crippen LogP) is 7.26. The summed E-state index contributed by atoms with van der Waals surface area (Å²) in [6, 6.07) is 12.6. The molecule has 3 aromatic heterocycles. The molecule has 0 atom stereocenters. The average Bonchev–Trinajstić information content (AvgIpc) is 3.46. The van der Waals surface area contributed by atoms with Gasteiger partial charge in [0.15, 0.2) is 0 Å². The van der Waals surface area contributed by atoms with Crippen LogP contribution in [0.4, 0.5) is 5.69 Å². The number of anilines is 1. The van der Waals surface area contributed by atoms with Gasteiger partial charge >= 0.3 is 0 Å². The predicted molar refractivity (Wildman–Crippen MR) is 133 cm³/mol. The molecule has 1 aliphatic carbocycles. The monoisotopic (exact) mass is 446 g/mol. The minimum atomic E-state index is -0.179. The van der Waals surface area contributed by atoms with E-state index < -0.39 is 0 Å². The summed E-state index contributed by atoms with van der Waals surface area (Å²) in [6.45, 7) is 8.54. The van der Waals surface area contributed by atoms with Gasteiger partial charge in [0, 0.05) is 16.6 Å². The minimum absolute atomic E-state index is 0.0831. The minimum Gasteiger partial charge on any atom is -0.379 e. The fourth-order valence-corrected chi connectivity index (χ4v) is 6.18. The summed E-state index contributed by atoms with van der Waals surface area (Å²) in [4.78, 5) is 21.0. The number of benzene rings is 1. The first-order valence-corrected chi connectivity index (χ1v) is 12.4. The number of carbonyl (C=O) groups is 1. The molecule has 5 heteroatoms. The van der Waals surface area contributed by atoms with Crippen molar-refractivity contribution < 1.29 is 4.79 Å². The van der Waals surface area contributed by atoms with E-state index in [2.05, 4.69) is 57.3 Å². The zero-order valence-electron chi connectivity index (χ0n) is 18.3. The normalized spacial score (nSPS) is 13.5. The Kier molecular flexibility index (Phi) is 4.98. The first-order chi connectivity index (χ1) is 14.8. The molecule has 4 aromatic rings. The van der Waals surface area contributed by atoms with Gasteiger partial charge in [-0.1, -0.05) is 35.9 Å². The van der Waals surface area contributed by atoms with Gasteiger partial charge in [-0.2, -0.15) is 0 Å². The van der Waals surface area contributed by atoms with Gasteiger partial charge in [0.1, 0.15) is 9.71 Å². The number of pyridine rings is 1. The van der Waals surface area contributed by atoms with Crippen LogP contribution in [0, 0.1) is 6.92 Å². The van der Waals surface area contributed by atoms with Gasteiger partial charge in [-0.15, -0.1) is 22.7 Å². The fourth-order valence-electron chi connectivity index (χ4n) is 4.34. The first-order valence-electron chi connectivity index (χ1n) is 10.7. The quantitative estimate of drug-likeness (QED) is 0.335. The molecule has 1 aliphatic rings. The number of hydrogen-bond acceptors (Lipinski definition) is 5. The van der Waals surface area contributed by atoms with E-state index in [-0.39, 0.29) is 11.3 Å². The van der Waals surface area contributed by atoms with Crippen LogP contribution in [-0.2, 0) is 12.8 Å². The van der Waals surface area contributed by atoms with Crippen molar-refractivity contribution in [1.29, 1.82) is 0 Å². The van der Waals surface area contributed by atoms with Crippen LogP contribution in [0.25, 0.3) is 21.3 Å². The number of rotatable bonds is 4. The standard InChI is InChI=1S/C26H26N2OS2/c1-15-10-12-16(13-11-15)20-17-7-5-8-18(17)27-25-21(20)22(28-26(2,3)4)24(31-25)23(29)19-9-6-14-30-19/h6,9-14,28H,5,7-8H2,1-4H3. The summed E-state index contributed by atoms with van der Waals surface area (Å²) in [5.74, 6) is 0.0831. The topological polar surface area (TPSA) is 42.0 Å². The van der Waals surface area contributed by atoms with Crippen LogP contribution in [0.5, 0.6) is 0 Å². The molecule has 3 heterocycles. The first kappa shape index (κ1) is 20.4. The third kappa shape index (κ3) is 3.70. The molecular weight excluding hydrogens is 420 g/mol. The summed E-state index contributed by atoms with van der Waals surface area (Å²) in [6.07, 6.45) is 3.19. The van der Waals surface area contributed by atoms with Crippen molar-refractivity contribution in [2.75, 3.05) is 5.32 Å². The molecule has 0 saturated carbocycles. The van der Waals surface area contributed by atoms with Gasteiger partial charge in [-0.05, 0) is 75.1 Å². The number of aromatic nitrogens is 1. The summed E-state index contributed by atoms with van der Waals surface area (Å²) in [5, 5.41) is 6.74. The Bertz CT molecular complexity index is 1280. The molecular formula is C26H26N2OS2. The van der Waals surface area contributed by atoms with E-state index >= 15 is 0 Å².